The molecule has 1 aromatic carbocycles. The van der Waals surface area contributed by atoms with E-state index in [-0.39, 0.29) is 31.2 Å². The maximum atomic E-state index is 13.2. The smallest absolute Gasteiger partial charge is 0.247 e. The molecular formula is C25H34N4O5. The van der Waals surface area contributed by atoms with E-state index < -0.39 is 29.9 Å². The van der Waals surface area contributed by atoms with E-state index in [1.54, 1.807) is 45.2 Å². The highest BCUT2D eigenvalue weighted by Gasteiger charge is 2.40. The average molecular weight is 471 g/mol. The average Bonchev–Trinajstić information content (AvgIpc) is 3.16. The summed E-state index contributed by atoms with van der Waals surface area (Å²) in [5.41, 5.74) is 7.97. The quantitative estimate of drug-likeness (QED) is 0.467. The number of nitrogens with one attached hydrogen (secondary N) is 2. The van der Waals surface area contributed by atoms with E-state index in [2.05, 4.69) is 10.6 Å². The maximum absolute atomic E-state index is 13.2. The van der Waals surface area contributed by atoms with Crippen LogP contribution in [0.2, 0.25) is 0 Å². The number of ether oxygens (including phenoxy) is 1. The van der Waals surface area contributed by atoms with Crippen LogP contribution in [0.1, 0.15) is 39.7 Å². The molecule has 4 amide bonds. The van der Waals surface area contributed by atoms with E-state index in [0.717, 1.165) is 16.7 Å². The minimum atomic E-state index is -0.958. The number of allylic oxidation sites excluding steroid dienone is 2. The zero-order valence-electron chi connectivity index (χ0n) is 20.4. The number of carbonyl (C=O) groups is 4. The van der Waals surface area contributed by atoms with Gasteiger partial charge in [0.15, 0.2) is 0 Å². The normalized spacial score (nSPS) is 17.9. The molecule has 9 nitrogen and oxygen atoms in total. The molecule has 1 aliphatic rings. The molecule has 1 aliphatic heterocycles. The van der Waals surface area contributed by atoms with Crippen LogP contribution in [0.5, 0.6) is 5.75 Å². The van der Waals surface area contributed by atoms with Crippen LogP contribution in [0.4, 0.5) is 0 Å². The molecule has 184 valence electrons. The van der Waals surface area contributed by atoms with Crippen molar-refractivity contribution in [1.82, 2.24) is 15.5 Å². The first kappa shape index (κ1) is 26.6. The number of carbonyl (C=O) groups excluding carboxylic acids is 4. The minimum Gasteiger partial charge on any atom is -0.497 e. The van der Waals surface area contributed by atoms with Crippen LogP contribution >= 0.6 is 0 Å². The van der Waals surface area contributed by atoms with Gasteiger partial charge < -0.3 is 26.0 Å². The van der Waals surface area contributed by atoms with Crippen molar-refractivity contribution < 1.29 is 23.9 Å². The number of hydrogen-bond acceptors (Lipinski definition) is 5. The first-order valence-electron chi connectivity index (χ1n) is 11.1. The van der Waals surface area contributed by atoms with Crippen molar-refractivity contribution >= 4 is 23.6 Å². The molecule has 9 heteroatoms. The summed E-state index contributed by atoms with van der Waals surface area (Å²) in [6.07, 6.45) is 3.34. The monoisotopic (exact) mass is 470 g/mol. The number of nitrogens with two attached hydrogens (primary N) is 1. The van der Waals surface area contributed by atoms with Crippen molar-refractivity contribution in [2.24, 2.45) is 5.73 Å². The number of rotatable bonds is 9. The Morgan fingerprint density at radius 2 is 1.71 bits per heavy atom. The van der Waals surface area contributed by atoms with Gasteiger partial charge in [-0.3, -0.25) is 19.2 Å². The fourth-order valence-corrected chi connectivity index (χ4v) is 3.76. The molecule has 1 heterocycles. The summed E-state index contributed by atoms with van der Waals surface area (Å²) in [5, 5.41) is 5.54. The Hall–Kier alpha value is -3.62. The van der Waals surface area contributed by atoms with Crippen LogP contribution in [0, 0.1) is 0 Å². The largest absolute Gasteiger partial charge is 0.497 e. The first-order valence-corrected chi connectivity index (χ1v) is 11.1. The number of hydrogen-bond donors (Lipinski definition) is 3. The molecule has 1 fully saturated rings. The van der Waals surface area contributed by atoms with E-state index in [1.807, 2.05) is 13.8 Å². The summed E-state index contributed by atoms with van der Waals surface area (Å²) < 4.78 is 5.14. The van der Waals surface area contributed by atoms with Gasteiger partial charge in [-0.15, -0.1) is 0 Å². The number of methoxy groups -OCH3 is 1. The lowest BCUT2D eigenvalue weighted by molar-refractivity contribution is -0.136. The molecule has 2 rings (SSSR count). The van der Waals surface area contributed by atoms with E-state index >= 15 is 0 Å². The third-order valence-electron chi connectivity index (χ3n) is 5.32. The van der Waals surface area contributed by atoms with Crippen molar-refractivity contribution in [3.63, 3.8) is 0 Å². The van der Waals surface area contributed by atoms with Crippen LogP contribution < -0.4 is 21.1 Å². The van der Waals surface area contributed by atoms with E-state index in [1.165, 1.54) is 17.1 Å². The van der Waals surface area contributed by atoms with Crippen LogP contribution in [-0.2, 0) is 25.6 Å². The van der Waals surface area contributed by atoms with E-state index in [9.17, 15) is 19.2 Å². The van der Waals surface area contributed by atoms with Crippen molar-refractivity contribution in [2.45, 2.75) is 58.7 Å². The lowest BCUT2D eigenvalue weighted by Crippen LogP contribution is -2.52. The number of benzene rings is 1. The summed E-state index contributed by atoms with van der Waals surface area (Å²) in [6, 6.07) is 4.88. The number of amides is 4. The second-order valence-corrected chi connectivity index (χ2v) is 8.91. The summed E-state index contributed by atoms with van der Waals surface area (Å²) in [4.78, 5) is 51.7. The van der Waals surface area contributed by atoms with Gasteiger partial charge >= 0.3 is 0 Å². The van der Waals surface area contributed by atoms with Crippen LogP contribution in [0.3, 0.4) is 0 Å². The van der Waals surface area contributed by atoms with E-state index in [4.69, 9.17) is 10.5 Å². The van der Waals surface area contributed by atoms with Crippen molar-refractivity contribution in [3.8, 4) is 5.75 Å². The second kappa shape index (κ2) is 12.0. The molecule has 0 bridgehead atoms. The van der Waals surface area contributed by atoms with Crippen molar-refractivity contribution in [2.75, 3.05) is 13.7 Å². The standard InChI is InChI=1S/C25H34N4O5/c1-15(2)10-22(30)27-18-13-21(29(14-18)23(31)11-16(3)4)25(33)28-20(24(26)32)12-17-6-8-19(34-5)9-7-17/h6-11,18,20-21H,12-14H2,1-5H3,(H2,26,32)(H,27,30)(H,28,33)/t18-,20-,21-/m0/s1. The first-order chi connectivity index (χ1) is 16.0. The van der Waals surface area contributed by atoms with Gasteiger partial charge in [-0.05, 0) is 51.8 Å². The molecule has 3 atom stereocenters. The van der Waals surface area contributed by atoms with Gasteiger partial charge in [0.05, 0.1) is 7.11 Å². The molecule has 34 heavy (non-hydrogen) atoms. The molecular weight excluding hydrogens is 436 g/mol. The van der Waals surface area contributed by atoms with Gasteiger partial charge in [0.25, 0.3) is 0 Å². The molecule has 0 unspecified atom stereocenters. The Labute approximate surface area is 200 Å². The van der Waals surface area contributed by atoms with Crippen molar-refractivity contribution in [1.29, 1.82) is 0 Å². The van der Waals surface area contributed by atoms with Crippen LogP contribution in [0.25, 0.3) is 0 Å². The van der Waals surface area contributed by atoms with Gasteiger partial charge in [-0.2, -0.15) is 0 Å². The minimum absolute atomic E-state index is 0.183. The zero-order chi connectivity index (χ0) is 25.4. The summed E-state index contributed by atoms with van der Waals surface area (Å²) in [5.74, 6) is -1.12. The Bertz CT molecular complexity index is 976. The highest BCUT2D eigenvalue weighted by atomic mass is 16.5. The molecule has 0 saturated carbocycles. The van der Waals surface area contributed by atoms with E-state index in [0.29, 0.717) is 5.75 Å². The topological polar surface area (TPSA) is 131 Å². The van der Waals surface area contributed by atoms with Gasteiger partial charge in [0.2, 0.25) is 23.6 Å². The molecule has 0 aromatic heterocycles. The molecule has 0 aliphatic carbocycles. The maximum Gasteiger partial charge on any atom is 0.247 e. The summed E-state index contributed by atoms with van der Waals surface area (Å²) >= 11 is 0. The Kier molecular flexibility index (Phi) is 9.41. The number of nitrogens with zero attached hydrogens (tertiary/aromatic N) is 1. The molecule has 1 saturated heterocycles. The highest BCUT2D eigenvalue weighted by Crippen LogP contribution is 2.20. The Balaban J connectivity index is 2.18. The fraction of sp³-hybridized carbons (Fsp3) is 0.440. The lowest BCUT2D eigenvalue weighted by atomic mass is 10.0. The second-order valence-electron chi connectivity index (χ2n) is 8.91. The molecule has 1 aromatic rings. The highest BCUT2D eigenvalue weighted by molar-refractivity contribution is 5.96. The number of likely N-dealkylation sites (tertiary alicyclic amines) is 1. The predicted octanol–water partition coefficient (Wildman–Crippen LogP) is 1.23. The molecule has 0 spiro atoms. The zero-order valence-corrected chi connectivity index (χ0v) is 20.4. The lowest BCUT2D eigenvalue weighted by Gasteiger charge is -2.25. The summed E-state index contributed by atoms with van der Waals surface area (Å²) in [7, 11) is 1.56. The van der Waals surface area contributed by atoms with Crippen LogP contribution in [0.15, 0.2) is 47.6 Å². The van der Waals surface area contributed by atoms with Gasteiger partial charge in [0.1, 0.15) is 17.8 Å². The SMILES string of the molecule is COc1ccc(C[C@H](NC(=O)[C@@H]2C[C@H](NC(=O)C=C(C)C)CN2C(=O)C=C(C)C)C(N)=O)cc1. The fourth-order valence-electron chi connectivity index (χ4n) is 3.76. The van der Waals surface area contributed by atoms with Crippen molar-refractivity contribution in [3.05, 3.63) is 53.1 Å². The summed E-state index contributed by atoms with van der Waals surface area (Å²) in [6.45, 7) is 7.37. The van der Waals surface area contributed by atoms with Crippen LogP contribution in [-0.4, -0.2) is 60.3 Å². The number of primary amides is 1. The Morgan fingerprint density at radius 3 is 2.24 bits per heavy atom. The third kappa shape index (κ3) is 7.75. The molecule has 0 radical (unpaired) electrons. The van der Waals surface area contributed by atoms with Gasteiger partial charge in [-0.25, -0.2) is 0 Å². The Morgan fingerprint density at radius 1 is 1.09 bits per heavy atom. The third-order valence-corrected chi connectivity index (χ3v) is 5.32. The molecule has 4 N–H and O–H groups in total. The predicted molar refractivity (Wildman–Crippen MR) is 129 cm³/mol. The van der Waals surface area contributed by atoms with Gasteiger partial charge in [-0.1, -0.05) is 23.3 Å². The van der Waals surface area contributed by atoms with Gasteiger partial charge in [0, 0.05) is 31.2 Å².